The van der Waals surface area contributed by atoms with Gasteiger partial charge in [-0.15, -0.1) is 0 Å². The fourth-order valence-electron chi connectivity index (χ4n) is 2.19. The van der Waals surface area contributed by atoms with Crippen molar-refractivity contribution in [3.8, 4) is 11.4 Å². The van der Waals surface area contributed by atoms with Crippen molar-refractivity contribution in [3.63, 3.8) is 0 Å². The molecule has 5 nitrogen and oxygen atoms in total. The molecule has 1 unspecified atom stereocenters. The van der Waals surface area contributed by atoms with E-state index >= 15 is 0 Å². The normalized spacial score (nSPS) is 13.2. The Morgan fingerprint density at radius 1 is 1.25 bits per heavy atom. The molecule has 104 valence electrons. The van der Waals surface area contributed by atoms with Crippen molar-refractivity contribution in [2.24, 2.45) is 18.7 Å². The topological polar surface area (TPSA) is 69.9 Å². The van der Waals surface area contributed by atoms with Crippen molar-refractivity contribution in [1.29, 1.82) is 0 Å². The van der Waals surface area contributed by atoms with Crippen molar-refractivity contribution < 1.29 is 4.52 Å². The van der Waals surface area contributed by atoms with Gasteiger partial charge in [0.15, 0.2) is 0 Å². The Bertz CT molecular complexity index is 741. The van der Waals surface area contributed by atoms with E-state index in [2.05, 4.69) is 32.9 Å². The van der Waals surface area contributed by atoms with Crippen molar-refractivity contribution in [1.82, 2.24) is 14.7 Å². The molecule has 0 fully saturated rings. The summed E-state index contributed by atoms with van der Waals surface area (Å²) >= 11 is 0. The van der Waals surface area contributed by atoms with Crippen LogP contribution in [0.5, 0.6) is 0 Å². The van der Waals surface area contributed by atoms with E-state index in [4.69, 9.17) is 10.3 Å². The fraction of sp³-hybridized carbons (Fsp3) is 0.333. The first-order valence-electron chi connectivity index (χ1n) is 6.71. The lowest BCUT2D eigenvalue weighted by atomic mass is 10.1. The number of fused-ring (bicyclic) bond motifs is 1. The average molecular weight is 270 g/mol. The molecule has 0 saturated heterocycles. The Labute approximate surface area is 117 Å². The second-order valence-electron chi connectivity index (χ2n) is 5.43. The van der Waals surface area contributed by atoms with E-state index in [1.54, 1.807) is 0 Å². The van der Waals surface area contributed by atoms with Gasteiger partial charge >= 0.3 is 0 Å². The molecular formula is C15H18N4O. The van der Waals surface area contributed by atoms with Crippen LogP contribution in [-0.2, 0) is 7.05 Å². The molecule has 2 heterocycles. The number of nitrogens with two attached hydrogens (primary N) is 1. The minimum absolute atomic E-state index is 0.225. The lowest BCUT2D eigenvalue weighted by Gasteiger charge is -2.09. The first-order valence-corrected chi connectivity index (χ1v) is 6.71. The van der Waals surface area contributed by atoms with Gasteiger partial charge in [-0.1, -0.05) is 19.0 Å². The summed E-state index contributed by atoms with van der Waals surface area (Å²) in [6.07, 6.45) is 2.03. The number of rotatable bonds is 3. The number of hydrogen-bond acceptors (Lipinski definition) is 4. The van der Waals surface area contributed by atoms with Crippen molar-refractivity contribution >= 4 is 10.9 Å². The predicted molar refractivity (Wildman–Crippen MR) is 78.0 cm³/mol. The van der Waals surface area contributed by atoms with E-state index in [0.29, 0.717) is 11.7 Å². The number of nitrogens with zero attached hydrogens (tertiary/aromatic N) is 3. The van der Waals surface area contributed by atoms with Crippen molar-refractivity contribution in [2.75, 3.05) is 0 Å². The van der Waals surface area contributed by atoms with Gasteiger partial charge in [0.2, 0.25) is 11.7 Å². The van der Waals surface area contributed by atoms with Crippen LogP contribution in [-0.4, -0.2) is 14.7 Å². The molecule has 1 aromatic carbocycles. The van der Waals surface area contributed by atoms with Crippen LogP contribution in [0.25, 0.3) is 22.3 Å². The molecule has 0 radical (unpaired) electrons. The third-order valence-electron chi connectivity index (χ3n) is 3.59. The van der Waals surface area contributed by atoms with Gasteiger partial charge in [0, 0.05) is 29.7 Å². The minimum atomic E-state index is -0.225. The van der Waals surface area contributed by atoms with Crippen molar-refractivity contribution in [3.05, 3.63) is 36.4 Å². The molecular weight excluding hydrogens is 252 g/mol. The SMILES string of the molecule is CC(C)C(N)c1nc(-c2ccc3c(ccn3C)c2)no1. The van der Waals surface area contributed by atoms with E-state index in [9.17, 15) is 0 Å². The number of hydrogen-bond donors (Lipinski definition) is 1. The highest BCUT2D eigenvalue weighted by molar-refractivity contribution is 5.84. The summed E-state index contributed by atoms with van der Waals surface area (Å²) in [7, 11) is 2.02. The molecule has 20 heavy (non-hydrogen) atoms. The molecule has 0 bridgehead atoms. The smallest absolute Gasteiger partial charge is 0.244 e. The van der Waals surface area contributed by atoms with Crippen LogP contribution in [0.1, 0.15) is 25.8 Å². The van der Waals surface area contributed by atoms with E-state index in [1.807, 2.05) is 33.2 Å². The van der Waals surface area contributed by atoms with Gasteiger partial charge in [0.05, 0.1) is 6.04 Å². The second kappa shape index (κ2) is 4.76. The summed E-state index contributed by atoms with van der Waals surface area (Å²) in [5, 5.41) is 5.19. The summed E-state index contributed by atoms with van der Waals surface area (Å²) in [4.78, 5) is 4.41. The van der Waals surface area contributed by atoms with E-state index in [0.717, 1.165) is 10.9 Å². The van der Waals surface area contributed by atoms with Gasteiger partial charge in [-0.25, -0.2) is 0 Å². The van der Waals surface area contributed by atoms with Gasteiger partial charge in [0.1, 0.15) is 0 Å². The van der Waals surface area contributed by atoms with Gasteiger partial charge in [0.25, 0.3) is 0 Å². The van der Waals surface area contributed by atoms with E-state index in [1.165, 1.54) is 5.52 Å². The molecule has 0 aliphatic rings. The summed E-state index contributed by atoms with van der Waals surface area (Å²) in [6, 6.07) is 7.96. The van der Waals surface area contributed by atoms with Crippen LogP contribution in [0.3, 0.4) is 0 Å². The molecule has 0 amide bonds. The maximum atomic E-state index is 6.02. The Kier molecular flexibility index (Phi) is 3.06. The minimum Gasteiger partial charge on any atom is -0.351 e. The van der Waals surface area contributed by atoms with Gasteiger partial charge in [-0.2, -0.15) is 4.98 Å². The molecule has 0 aliphatic heterocycles. The van der Waals surface area contributed by atoms with Crippen LogP contribution in [0.2, 0.25) is 0 Å². The highest BCUT2D eigenvalue weighted by Crippen LogP contribution is 2.25. The van der Waals surface area contributed by atoms with Crippen LogP contribution >= 0.6 is 0 Å². The highest BCUT2D eigenvalue weighted by Gasteiger charge is 2.18. The largest absolute Gasteiger partial charge is 0.351 e. The summed E-state index contributed by atoms with van der Waals surface area (Å²) in [5.41, 5.74) is 8.14. The zero-order valence-corrected chi connectivity index (χ0v) is 11.9. The second-order valence-corrected chi connectivity index (χ2v) is 5.43. The van der Waals surface area contributed by atoms with Gasteiger partial charge in [-0.3, -0.25) is 0 Å². The predicted octanol–water partition coefficient (Wildman–Crippen LogP) is 2.88. The van der Waals surface area contributed by atoms with Crippen LogP contribution in [0.15, 0.2) is 35.0 Å². The number of benzene rings is 1. The first kappa shape index (κ1) is 12.9. The molecule has 3 aromatic rings. The fourth-order valence-corrected chi connectivity index (χ4v) is 2.19. The summed E-state index contributed by atoms with van der Waals surface area (Å²) in [6.45, 7) is 4.06. The standard InChI is InChI=1S/C15H18N4O/c1-9(2)13(16)15-17-14(18-20-15)11-4-5-12-10(8-11)6-7-19(12)3/h4-9,13H,16H2,1-3H3. The zero-order valence-electron chi connectivity index (χ0n) is 11.9. The number of aromatic nitrogens is 3. The van der Waals surface area contributed by atoms with Crippen LogP contribution < -0.4 is 5.73 Å². The molecule has 0 aliphatic carbocycles. The maximum Gasteiger partial charge on any atom is 0.244 e. The van der Waals surface area contributed by atoms with Gasteiger partial charge in [-0.05, 0) is 30.2 Å². The maximum absolute atomic E-state index is 6.02. The lowest BCUT2D eigenvalue weighted by Crippen LogP contribution is -2.16. The molecule has 2 aromatic heterocycles. The number of aryl methyl sites for hydroxylation is 1. The van der Waals surface area contributed by atoms with E-state index < -0.39 is 0 Å². The third kappa shape index (κ3) is 2.10. The zero-order chi connectivity index (χ0) is 14.3. The van der Waals surface area contributed by atoms with Gasteiger partial charge < -0.3 is 14.8 Å². The molecule has 1 atom stereocenters. The summed E-state index contributed by atoms with van der Waals surface area (Å²) < 4.78 is 7.35. The monoisotopic (exact) mass is 270 g/mol. The van der Waals surface area contributed by atoms with Crippen LogP contribution in [0, 0.1) is 5.92 Å². The Balaban J connectivity index is 1.98. The highest BCUT2D eigenvalue weighted by atomic mass is 16.5. The quantitative estimate of drug-likeness (QED) is 0.794. The van der Waals surface area contributed by atoms with Crippen LogP contribution in [0.4, 0.5) is 0 Å². The third-order valence-corrected chi connectivity index (χ3v) is 3.59. The molecule has 3 rings (SSSR count). The molecule has 5 heteroatoms. The first-order chi connectivity index (χ1) is 9.56. The summed E-state index contributed by atoms with van der Waals surface area (Å²) in [5.74, 6) is 1.34. The average Bonchev–Trinajstić information content (AvgIpc) is 3.05. The lowest BCUT2D eigenvalue weighted by molar-refractivity contribution is 0.325. The molecule has 0 spiro atoms. The molecule has 2 N–H and O–H groups in total. The van der Waals surface area contributed by atoms with Crippen molar-refractivity contribution in [2.45, 2.75) is 19.9 Å². The van der Waals surface area contributed by atoms with E-state index in [-0.39, 0.29) is 12.0 Å². The Morgan fingerprint density at radius 3 is 2.80 bits per heavy atom. The Hall–Kier alpha value is -2.14. The molecule has 0 saturated carbocycles. The Morgan fingerprint density at radius 2 is 2.05 bits per heavy atom.